The van der Waals surface area contributed by atoms with Gasteiger partial charge in [-0.1, -0.05) is 13.3 Å². The molecule has 0 radical (unpaired) electrons. The van der Waals surface area contributed by atoms with Crippen LogP contribution in [0.1, 0.15) is 39.0 Å². The molecule has 4 unspecified atom stereocenters. The molecule has 2 bridgehead atoms. The van der Waals surface area contributed by atoms with Crippen molar-refractivity contribution in [3.05, 3.63) is 0 Å². The van der Waals surface area contributed by atoms with Crippen molar-refractivity contribution in [2.24, 2.45) is 23.7 Å². The van der Waals surface area contributed by atoms with Crippen LogP contribution in [-0.4, -0.2) is 0 Å². The summed E-state index contributed by atoms with van der Waals surface area (Å²) in [6.07, 6.45) is 6.41. The van der Waals surface area contributed by atoms with Gasteiger partial charge in [-0.15, -0.1) is 0 Å². The highest BCUT2D eigenvalue weighted by atomic mass is 14.5. The van der Waals surface area contributed by atoms with Crippen LogP contribution in [0.25, 0.3) is 0 Å². The number of nitrogens with zero attached hydrogens (tertiary/aromatic N) is 1. The van der Waals surface area contributed by atoms with Crippen molar-refractivity contribution in [2.75, 3.05) is 0 Å². The fraction of sp³-hybridized carbons (Fsp3) is 0.909. The molecule has 0 amide bonds. The van der Waals surface area contributed by atoms with E-state index in [9.17, 15) is 0 Å². The zero-order valence-electron chi connectivity index (χ0n) is 7.79. The fourth-order valence-electron chi connectivity index (χ4n) is 3.59. The lowest BCUT2D eigenvalue weighted by atomic mass is 9.76. The molecule has 2 saturated carbocycles. The van der Waals surface area contributed by atoms with Crippen LogP contribution in [0.3, 0.4) is 0 Å². The van der Waals surface area contributed by atoms with Gasteiger partial charge in [-0.3, -0.25) is 0 Å². The summed E-state index contributed by atoms with van der Waals surface area (Å²) in [6.45, 7) is 2.29. The molecule has 2 fully saturated rings. The molecule has 1 heteroatoms. The Bertz CT molecular complexity index is 204. The maximum atomic E-state index is 8.72. The average molecular weight is 163 g/mol. The molecule has 2 aliphatic rings. The van der Waals surface area contributed by atoms with E-state index in [1.54, 1.807) is 0 Å². The largest absolute Gasteiger partial charge is 0.198 e. The summed E-state index contributed by atoms with van der Waals surface area (Å²) in [5, 5.41) is 8.72. The van der Waals surface area contributed by atoms with E-state index in [-0.39, 0.29) is 0 Å². The molecule has 0 spiro atoms. The van der Waals surface area contributed by atoms with Gasteiger partial charge in [-0.25, -0.2) is 0 Å². The van der Waals surface area contributed by atoms with Crippen molar-refractivity contribution in [1.82, 2.24) is 0 Å². The second-order valence-corrected chi connectivity index (χ2v) is 4.43. The number of hydrogen-bond donors (Lipinski definition) is 0. The van der Waals surface area contributed by atoms with Gasteiger partial charge in [0.2, 0.25) is 0 Å². The minimum Gasteiger partial charge on any atom is -0.198 e. The fourth-order valence-corrected chi connectivity index (χ4v) is 3.59. The van der Waals surface area contributed by atoms with Crippen molar-refractivity contribution in [1.29, 1.82) is 5.26 Å². The van der Waals surface area contributed by atoms with E-state index in [2.05, 4.69) is 13.0 Å². The summed E-state index contributed by atoms with van der Waals surface area (Å²) in [4.78, 5) is 0. The second kappa shape index (κ2) is 3.09. The zero-order chi connectivity index (χ0) is 8.55. The maximum absolute atomic E-state index is 8.72. The summed E-state index contributed by atoms with van der Waals surface area (Å²) < 4.78 is 0. The van der Waals surface area contributed by atoms with Crippen LogP contribution >= 0.6 is 0 Å². The topological polar surface area (TPSA) is 23.8 Å². The van der Waals surface area contributed by atoms with Crippen LogP contribution in [0.4, 0.5) is 0 Å². The number of hydrogen-bond acceptors (Lipinski definition) is 1. The van der Waals surface area contributed by atoms with Gasteiger partial charge in [-0.05, 0) is 42.9 Å². The first-order valence-corrected chi connectivity index (χ1v) is 5.23. The number of rotatable bonds is 2. The van der Waals surface area contributed by atoms with Crippen LogP contribution in [0.15, 0.2) is 0 Å². The van der Waals surface area contributed by atoms with E-state index in [1.807, 2.05) is 0 Å². The minimum absolute atomic E-state index is 0.763. The Labute approximate surface area is 74.8 Å². The third-order valence-electron chi connectivity index (χ3n) is 4.07. The lowest BCUT2D eigenvalue weighted by Crippen LogP contribution is -2.21. The Morgan fingerprint density at radius 3 is 2.50 bits per heavy atom. The van der Waals surface area contributed by atoms with Crippen LogP contribution in [0, 0.1) is 35.0 Å². The number of fused-ring (bicyclic) bond motifs is 2. The second-order valence-electron chi connectivity index (χ2n) is 4.43. The van der Waals surface area contributed by atoms with Gasteiger partial charge in [0.25, 0.3) is 0 Å². The van der Waals surface area contributed by atoms with Crippen LogP contribution < -0.4 is 0 Å². The van der Waals surface area contributed by atoms with E-state index in [4.69, 9.17) is 5.26 Å². The molecule has 12 heavy (non-hydrogen) atoms. The van der Waals surface area contributed by atoms with Crippen molar-refractivity contribution in [3.8, 4) is 6.07 Å². The van der Waals surface area contributed by atoms with Crippen molar-refractivity contribution in [3.63, 3.8) is 0 Å². The summed E-state index contributed by atoms with van der Waals surface area (Å²) >= 11 is 0. The van der Waals surface area contributed by atoms with E-state index in [0.717, 1.165) is 30.1 Å². The van der Waals surface area contributed by atoms with Crippen LogP contribution in [0.2, 0.25) is 0 Å². The van der Waals surface area contributed by atoms with Crippen molar-refractivity contribution in [2.45, 2.75) is 39.0 Å². The van der Waals surface area contributed by atoms with Crippen molar-refractivity contribution >= 4 is 0 Å². The summed E-state index contributed by atoms with van der Waals surface area (Å²) in [6, 6.07) is 2.36. The average Bonchev–Trinajstić information content (AvgIpc) is 2.64. The molecule has 0 saturated heterocycles. The van der Waals surface area contributed by atoms with Gasteiger partial charge >= 0.3 is 0 Å². The molecule has 0 N–H and O–H groups in total. The van der Waals surface area contributed by atoms with Crippen LogP contribution in [0.5, 0.6) is 0 Å². The molecule has 0 aromatic rings. The summed E-state index contributed by atoms with van der Waals surface area (Å²) in [7, 11) is 0. The van der Waals surface area contributed by atoms with E-state index >= 15 is 0 Å². The smallest absolute Gasteiger partial charge is 0.0624 e. The molecular formula is C11H17N. The Kier molecular flexibility index (Phi) is 2.09. The van der Waals surface area contributed by atoms with Crippen LogP contribution in [-0.2, 0) is 0 Å². The van der Waals surface area contributed by atoms with E-state index < -0.39 is 0 Å². The van der Waals surface area contributed by atoms with Crippen molar-refractivity contribution < 1.29 is 0 Å². The highest BCUT2D eigenvalue weighted by Crippen LogP contribution is 2.54. The molecule has 0 aromatic carbocycles. The highest BCUT2D eigenvalue weighted by Gasteiger charge is 2.45. The van der Waals surface area contributed by atoms with Gasteiger partial charge in [-0.2, -0.15) is 5.26 Å². The third-order valence-corrected chi connectivity index (χ3v) is 4.07. The van der Waals surface area contributed by atoms with Gasteiger partial charge in [0.1, 0.15) is 0 Å². The molecule has 2 rings (SSSR count). The SMILES string of the molecule is CCC1C2CCC(C2)C1CC#N. The summed E-state index contributed by atoms with van der Waals surface area (Å²) in [5.41, 5.74) is 0. The Balaban J connectivity index is 2.07. The number of nitriles is 1. The maximum Gasteiger partial charge on any atom is 0.0624 e. The zero-order valence-corrected chi connectivity index (χ0v) is 7.79. The van der Waals surface area contributed by atoms with Gasteiger partial charge in [0.05, 0.1) is 6.07 Å². The summed E-state index contributed by atoms with van der Waals surface area (Å²) in [5.74, 6) is 3.56. The molecule has 66 valence electrons. The highest BCUT2D eigenvalue weighted by molar-refractivity contribution is 4.98. The molecule has 0 heterocycles. The molecule has 0 aromatic heterocycles. The Morgan fingerprint density at radius 1 is 1.25 bits per heavy atom. The van der Waals surface area contributed by atoms with E-state index in [0.29, 0.717) is 0 Å². The predicted octanol–water partition coefficient (Wildman–Crippen LogP) is 2.97. The van der Waals surface area contributed by atoms with Gasteiger partial charge in [0.15, 0.2) is 0 Å². The molecule has 2 aliphatic carbocycles. The first-order valence-electron chi connectivity index (χ1n) is 5.23. The molecule has 1 nitrogen and oxygen atoms in total. The van der Waals surface area contributed by atoms with Gasteiger partial charge < -0.3 is 0 Å². The first kappa shape index (κ1) is 8.10. The standard InChI is InChI=1S/C11H17N/c1-2-10-8-3-4-9(7-8)11(10)5-6-12/h8-11H,2-5,7H2,1H3. The molecule has 4 atom stereocenters. The third kappa shape index (κ3) is 1.05. The van der Waals surface area contributed by atoms with E-state index in [1.165, 1.54) is 25.7 Å². The molecular weight excluding hydrogens is 146 g/mol. The van der Waals surface area contributed by atoms with Gasteiger partial charge in [0, 0.05) is 6.42 Å². The predicted molar refractivity (Wildman–Crippen MR) is 48.3 cm³/mol. The Morgan fingerprint density at radius 2 is 1.92 bits per heavy atom. The normalized spacial score (nSPS) is 44.7. The Hall–Kier alpha value is -0.510. The molecule has 0 aliphatic heterocycles. The lowest BCUT2D eigenvalue weighted by molar-refractivity contribution is 0.218. The minimum atomic E-state index is 0.763. The first-order chi connectivity index (χ1) is 5.86. The monoisotopic (exact) mass is 163 g/mol. The quantitative estimate of drug-likeness (QED) is 0.614. The lowest BCUT2D eigenvalue weighted by Gasteiger charge is -2.28.